The number of carbonyl (C=O) groups is 4. The molecule has 3 rings (SSSR count). The van der Waals surface area contributed by atoms with Gasteiger partial charge in [-0.05, 0) is 32.9 Å². The molecule has 1 aromatic carbocycles. The molecule has 0 spiro atoms. The third kappa shape index (κ3) is 4.74. The second-order valence-corrected chi connectivity index (χ2v) is 6.38. The normalized spacial score (nSPS) is 10.5. The van der Waals surface area contributed by atoms with Gasteiger partial charge in [0.1, 0.15) is 11.3 Å². The third-order valence-electron chi connectivity index (χ3n) is 4.16. The number of Topliss-reactive ketones (excluding diaryl/α,β-unsaturated/α-hetero) is 1. The highest BCUT2D eigenvalue weighted by molar-refractivity contribution is 6.10. The van der Waals surface area contributed by atoms with Crippen LogP contribution >= 0.6 is 0 Å². The Kier molecular flexibility index (Phi) is 6.39. The molecule has 0 fully saturated rings. The first-order valence-corrected chi connectivity index (χ1v) is 9.32. The van der Waals surface area contributed by atoms with Crippen LogP contribution in [0.1, 0.15) is 50.8 Å². The number of furan rings is 1. The molecule has 0 unspecified atom stereocenters. The summed E-state index contributed by atoms with van der Waals surface area (Å²) in [6, 6.07) is 6.97. The molecule has 2 heterocycles. The number of carbonyl (C=O) groups excluding carboxylic acids is 4. The van der Waals surface area contributed by atoms with E-state index in [9.17, 15) is 19.2 Å². The van der Waals surface area contributed by atoms with Crippen molar-refractivity contribution in [3.8, 4) is 0 Å². The first kappa shape index (κ1) is 21.6. The van der Waals surface area contributed by atoms with Gasteiger partial charge in [-0.25, -0.2) is 14.6 Å². The number of anilines is 1. The number of hydrogen-bond acceptors (Lipinski definition) is 9. The summed E-state index contributed by atoms with van der Waals surface area (Å²) in [6.45, 7) is 3.74. The summed E-state index contributed by atoms with van der Waals surface area (Å²) in [5.74, 6) is -2.98. The van der Waals surface area contributed by atoms with E-state index in [0.29, 0.717) is 11.0 Å². The van der Waals surface area contributed by atoms with E-state index in [2.05, 4.69) is 15.3 Å². The highest BCUT2D eigenvalue weighted by Crippen LogP contribution is 2.28. The predicted octanol–water partition coefficient (Wildman–Crippen LogP) is 2.71. The van der Waals surface area contributed by atoms with Gasteiger partial charge >= 0.3 is 11.9 Å². The summed E-state index contributed by atoms with van der Waals surface area (Å²) in [7, 11) is 0. The van der Waals surface area contributed by atoms with E-state index >= 15 is 0 Å². The van der Waals surface area contributed by atoms with Crippen molar-refractivity contribution in [3.05, 3.63) is 53.0 Å². The molecule has 1 N–H and O–H groups in total. The lowest BCUT2D eigenvalue weighted by Crippen LogP contribution is -2.22. The topological polar surface area (TPSA) is 138 Å². The molecular weight excluding hydrogens is 406 g/mol. The predicted molar refractivity (Wildman–Crippen MR) is 108 cm³/mol. The van der Waals surface area contributed by atoms with Crippen LogP contribution in [0, 0.1) is 6.92 Å². The number of amides is 1. The molecule has 3 aromatic rings. The smallest absolute Gasteiger partial charge is 0.359 e. The number of aryl methyl sites for hydroxylation is 1. The number of benzene rings is 1. The molecule has 0 radical (unpaired) electrons. The van der Waals surface area contributed by atoms with Crippen molar-refractivity contribution in [1.82, 2.24) is 9.97 Å². The van der Waals surface area contributed by atoms with Crippen molar-refractivity contribution >= 4 is 40.5 Å². The Morgan fingerprint density at radius 1 is 1.03 bits per heavy atom. The number of rotatable bonds is 7. The van der Waals surface area contributed by atoms with E-state index in [4.69, 9.17) is 13.9 Å². The van der Waals surface area contributed by atoms with Crippen LogP contribution in [0.3, 0.4) is 0 Å². The fourth-order valence-corrected chi connectivity index (χ4v) is 2.88. The van der Waals surface area contributed by atoms with E-state index in [1.54, 1.807) is 31.2 Å². The zero-order valence-electron chi connectivity index (χ0n) is 17.1. The highest BCUT2D eigenvalue weighted by atomic mass is 16.5. The zero-order valence-corrected chi connectivity index (χ0v) is 17.1. The summed E-state index contributed by atoms with van der Waals surface area (Å²) >= 11 is 0. The second kappa shape index (κ2) is 9.16. The van der Waals surface area contributed by atoms with Gasteiger partial charge in [-0.3, -0.25) is 19.9 Å². The van der Waals surface area contributed by atoms with Gasteiger partial charge in [0.15, 0.2) is 18.1 Å². The Balaban J connectivity index is 1.71. The minimum Gasteiger partial charge on any atom is -0.462 e. The number of nitrogens with zero attached hydrogens (tertiary/aromatic N) is 2. The fourth-order valence-electron chi connectivity index (χ4n) is 2.88. The van der Waals surface area contributed by atoms with Crippen LogP contribution in [0.2, 0.25) is 0 Å². The maximum Gasteiger partial charge on any atom is 0.359 e. The summed E-state index contributed by atoms with van der Waals surface area (Å²) in [5, 5.41) is 2.33. The van der Waals surface area contributed by atoms with Crippen LogP contribution in [0.4, 0.5) is 5.88 Å². The van der Waals surface area contributed by atoms with E-state index in [1.165, 1.54) is 20.0 Å². The lowest BCUT2D eigenvalue weighted by atomic mass is 10.1. The number of hydrogen-bond donors (Lipinski definition) is 1. The number of ether oxygens (including phenoxy) is 2. The fraction of sp³-hybridized carbons (Fsp3) is 0.238. The molecule has 0 aliphatic heterocycles. The summed E-state index contributed by atoms with van der Waals surface area (Å²) < 4.78 is 15.3. The number of esters is 2. The second-order valence-electron chi connectivity index (χ2n) is 6.38. The average molecular weight is 425 g/mol. The van der Waals surface area contributed by atoms with Gasteiger partial charge in [0.25, 0.3) is 5.91 Å². The van der Waals surface area contributed by atoms with E-state index < -0.39 is 30.2 Å². The van der Waals surface area contributed by atoms with Crippen LogP contribution in [-0.2, 0) is 14.3 Å². The van der Waals surface area contributed by atoms with Gasteiger partial charge in [0.05, 0.1) is 29.4 Å². The lowest BCUT2D eigenvalue weighted by molar-refractivity contribution is -0.119. The molecule has 0 bridgehead atoms. The van der Waals surface area contributed by atoms with Crippen LogP contribution in [-0.4, -0.2) is 46.8 Å². The van der Waals surface area contributed by atoms with Gasteiger partial charge < -0.3 is 13.9 Å². The molecule has 10 heteroatoms. The summed E-state index contributed by atoms with van der Waals surface area (Å²) in [5.41, 5.74) is 0.872. The Morgan fingerprint density at radius 3 is 2.42 bits per heavy atom. The van der Waals surface area contributed by atoms with Crippen molar-refractivity contribution < 1.29 is 33.1 Å². The Labute approximate surface area is 176 Å². The van der Waals surface area contributed by atoms with Crippen molar-refractivity contribution in [3.63, 3.8) is 0 Å². The first-order valence-electron chi connectivity index (χ1n) is 9.32. The molecule has 2 aromatic heterocycles. The minimum atomic E-state index is -0.848. The van der Waals surface area contributed by atoms with Gasteiger partial charge in [-0.1, -0.05) is 12.1 Å². The Morgan fingerprint density at radius 2 is 1.74 bits per heavy atom. The molecule has 0 saturated heterocycles. The molecular formula is C21H19N3O7. The molecule has 10 nitrogen and oxygen atoms in total. The molecule has 0 aliphatic rings. The standard InChI is InChI=1S/C21H19N3O7/c1-4-29-21(28)18-17(11(2)25)12(3)31-19(18)24-16(26)10-30-20(27)15-9-22-13-7-5-6-8-14(13)23-15/h5-9H,4,10H2,1-3H3,(H,24,26). The summed E-state index contributed by atoms with van der Waals surface area (Å²) in [4.78, 5) is 56.9. The van der Waals surface area contributed by atoms with Crippen LogP contribution in [0.15, 0.2) is 34.9 Å². The van der Waals surface area contributed by atoms with Crippen molar-refractivity contribution in [2.24, 2.45) is 0 Å². The molecule has 0 aliphatic carbocycles. The number of aromatic nitrogens is 2. The maximum atomic E-state index is 12.3. The average Bonchev–Trinajstić information content (AvgIpc) is 3.07. The summed E-state index contributed by atoms with van der Waals surface area (Å²) in [6.07, 6.45) is 1.25. The van der Waals surface area contributed by atoms with Gasteiger partial charge in [0, 0.05) is 0 Å². The molecule has 0 saturated carbocycles. The van der Waals surface area contributed by atoms with Crippen LogP contribution in [0.5, 0.6) is 0 Å². The quantitative estimate of drug-likeness (QED) is 0.447. The van der Waals surface area contributed by atoms with Crippen LogP contribution in [0.25, 0.3) is 11.0 Å². The van der Waals surface area contributed by atoms with Crippen molar-refractivity contribution in [2.75, 3.05) is 18.5 Å². The van der Waals surface area contributed by atoms with Crippen LogP contribution < -0.4 is 5.32 Å². The Bertz CT molecular complexity index is 1180. The zero-order chi connectivity index (χ0) is 22.5. The van der Waals surface area contributed by atoms with Gasteiger partial charge in [0.2, 0.25) is 5.88 Å². The van der Waals surface area contributed by atoms with Gasteiger partial charge in [-0.15, -0.1) is 0 Å². The SMILES string of the molecule is CCOC(=O)c1c(NC(=O)COC(=O)c2cnc3ccccc3n2)oc(C)c1C(C)=O. The number of nitrogens with one attached hydrogen (secondary N) is 1. The largest absolute Gasteiger partial charge is 0.462 e. The van der Waals surface area contributed by atoms with Crippen molar-refractivity contribution in [2.45, 2.75) is 20.8 Å². The number of para-hydroxylation sites is 2. The first-order chi connectivity index (χ1) is 14.8. The van der Waals surface area contributed by atoms with E-state index in [-0.39, 0.29) is 35.1 Å². The molecule has 0 atom stereocenters. The third-order valence-corrected chi connectivity index (χ3v) is 4.16. The number of fused-ring (bicyclic) bond motifs is 1. The molecule has 1 amide bonds. The maximum absolute atomic E-state index is 12.3. The van der Waals surface area contributed by atoms with Gasteiger partial charge in [-0.2, -0.15) is 0 Å². The monoisotopic (exact) mass is 425 g/mol. The molecule has 31 heavy (non-hydrogen) atoms. The minimum absolute atomic E-state index is 0.0113. The van der Waals surface area contributed by atoms with Crippen molar-refractivity contribution in [1.29, 1.82) is 0 Å². The van der Waals surface area contributed by atoms with E-state index in [1.807, 2.05) is 0 Å². The lowest BCUT2D eigenvalue weighted by Gasteiger charge is -2.07. The Hall–Kier alpha value is -4.08. The number of ketones is 1. The van der Waals surface area contributed by atoms with E-state index in [0.717, 1.165) is 0 Å². The highest BCUT2D eigenvalue weighted by Gasteiger charge is 2.29. The molecule has 160 valence electrons.